The summed E-state index contributed by atoms with van der Waals surface area (Å²) in [4.78, 5) is 12.5. The van der Waals surface area contributed by atoms with Crippen LogP contribution in [0.25, 0.3) is 0 Å². The second-order valence-electron chi connectivity index (χ2n) is 7.36. The lowest BCUT2D eigenvalue weighted by Gasteiger charge is -2.18. The number of aromatic nitrogens is 3. The van der Waals surface area contributed by atoms with Gasteiger partial charge >= 0.3 is 0 Å². The van der Waals surface area contributed by atoms with Crippen LogP contribution >= 0.6 is 11.8 Å². The molecule has 1 unspecified atom stereocenters. The summed E-state index contributed by atoms with van der Waals surface area (Å²) >= 11 is 1.41. The highest BCUT2D eigenvalue weighted by Gasteiger charge is 2.21. The molecule has 2 aromatic carbocycles. The van der Waals surface area contributed by atoms with Crippen molar-refractivity contribution in [1.82, 2.24) is 14.8 Å². The highest BCUT2D eigenvalue weighted by atomic mass is 32.2. The summed E-state index contributed by atoms with van der Waals surface area (Å²) in [5, 5.41) is 9.46. The van der Waals surface area contributed by atoms with E-state index >= 15 is 0 Å². The predicted molar refractivity (Wildman–Crippen MR) is 118 cm³/mol. The molecule has 6 nitrogen and oxygen atoms in total. The molecule has 0 aliphatic carbocycles. The monoisotopic (exact) mass is 425 g/mol. The van der Waals surface area contributed by atoms with Gasteiger partial charge in [0.25, 0.3) is 0 Å². The minimum absolute atomic E-state index is 0.0729. The molecule has 7 heteroatoms. The van der Waals surface area contributed by atoms with Crippen LogP contribution in [-0.4, -0.2) is 33.4 Å². The van der Waals surface area contributed by atoms with E-state index in [4.69, 9.17) is 9.47 Å². The van der Waals surface area contributed by atoms with Crippen molar-refractivity contribution >= 4 is 17.5 Å². The Kier molecular flexibility index (Phi) is 7.52. The third kappa shape index (κ3) is 5.63. The number of methoxy groups -OCH3 is 1. The molecule has 0 N–H and O–H groups in total. The van der Waals surface area contributed by atoms with Crippen molar-refractivity contribution in [2.24, 2.45) is 5.92 Å². The summed E-state index contributed by atoms with van der Waals surface area (Å²) in [6.45, 7) is 6.99. The van der Waals surface area contributed by atoms with E-state index in [0.29, 0.717) is 17.2 Å². The van der Waals surface area contributed by atoms with Gasteiger partial charge in [0.1, 0.15) is 11.5 Å². The lowest BCUT2D eigenvalue weighted by molar-refractivity contribution is 0.102. The van der Waals surface area contributed by atoms with Crippen molar-refractivity contribution in [3.8, 4) is 11.5 Å². The van der Waals surface area contributed by atoms with Gasteiger partial charge in [0.05, 0.1) is 12.9 Å². The second-order valence-corrected chi connectivity index (χ2v) is 8.30. The molecule has 0 fully saturated rings. The van der Waals surface area contributed by atoms with Crippen LogP contribution in [0.2, 0.25) is 0 Å². The van der Waals surface area contributed by atoms with Crippen molar-refractivity contribution in [3.63, 3.8) is 0 Å². The smallest absolute Gasteiger partial charge is 0.191 e. The Morgan fingerprint density at radius 3 is 2.30 bits per heavy atom. The molecule has 0 spiro atoms. The van der Waals surface area contributed by atoms with Gasteiger partial charge in [-0.3, -0.25) is 4.79 Å². The van der Waals surface area contributed by atoms with Crippen LogP contribution in [0, 0.1) is 5.92 Å². The molecule has 0 bridgehead atoms. The van der Waals surface area contributed by atoms with Gasteiger partial charge in [-0.1, -0.05) is 55.9 Å². The van der Waals surface area contributed by atoms with Gasteiger partial charge in [0.15, 0.2) is 22.9 Å². The molecule has 3 aromatic rings. The first-order valence-electron chi connectivity index (χ1n) is 9.92. The van der Waals surface area contributed by atoms with Gasteiger partial charge in [0.2, 0.25) is 0 Å². The van der Waals surface area contributed by atoms with Crippen LogP contribution in [-0.2, 0) is 6.54 Å². The molecule has 3 rings (SSSR count). The fourth-order valence-corrected chi connectivity index (χ4v) is 3.84. The van der Waals surface area contributed by atoms with E-state index in [0.717, 1.165) is 29.0 Å². The highest BCUT2D eigenvalue weighted by Crippen LogP contribution is 2.27. The summed E-state index contributed by atoms with van der Waals surface area (Å²) in [5.74, 6) is 3.04. The summed E-state index contributed by atoms with van der Waals surface area (Å²) in [6.07, 6.45) is -0.288. The van der Waals surface area contributed by atoms with Crippen molar-refractivity contribution in [2.75, 3.05) is 12.9 Å². The van der Waals surface area contributed by atoms with E-state index in [1.54, 1.807) is 7.11 Å². The zero-order valence-electron chi connectivity index (χ0n) is 17.7. The standard InChI is InChI=1S/C23H27N3O3S/c1-16(2)14-26-22(17(3)29-20-12-10-19(28-4)11-13-20)24-25-23(26)30-15-21(27)18-8-6-5-7-9-18/h5-13,16-17H,14-15H2,1-4H3. The van der Waals surface area contributed by atoms with E-state index < -0.39 is 0 Å². The quantitative estimate of drug-likeness (QED) is 0.334. The van der Waals surface area contributed by atoms with E-state index in [-0.39, 0.29) is 11.9 Å². The fourth-order valence-electron chi connectivity index (χ4n) is 2.99. The molecule has 1 aromatic heterocycles. The van der Waals surface area contributed by atoms with Gasteiger partial charge in [0, 0.05) is 12.1 Å². The average Bonchev–Trinajstić information content (AvgIpc) is 3.15. The molecular weight excluding hydrogens is 398 g/mol. The van der Waals surface area contributed by atoms with E-state index in [1.165, 1.54) is 11.8 Å². The maximum Gasteiger partial charge on any atom is 0.191 e. The maximum absolute atomic E-state index is 12.5. The molecule has 0 amide bonds. The molecule has 0 radical (unpaired) electrons. The summed E-state index contributed by atoms with van der Waals surface area (Å²) < 4.78 is 13.3. The van der Waals surface area contributed by atoms with Crippen molar-refractivity contribution in [2.45, 2.75) is 38.6 Å². The number of nitrogens with zero attached hydrogens (tertiary/aromatic N) is 3. The van der Waals surface area contributed by atoms with Gasteiger partial charge in [-0.2, -0.15) is 0 Å². The Labute approximate surface area is 181 Å². The minimum atomic E-state index is -0.288. The third-order valence-corrected chi connectivity index (χ3v) is 5.42. The van der Waals surface area contributed by atoms with E-state index in [9.17, 15) is 4.79 Å². The van der Waals surface area contributed by atoms with Crippen LogP contribution in [0.4, 0.5) is 0 Å². The van der Waals surface area contributed by atoms with Gasteiger partial charge in [-0.25, -0.2) is 0 Å². The Hall–Kier alpha value is -2.80. The average molecular weight is 426 g/mol. The number of hydrogen-bond acceptors (Lipinski definition) is 6. The topological polar surface area (TPSA) is 66.2 Å². The molecule has 30 heavy (non-hydrogen) atoms. The maximum atomic E-state index is 12.5. The molecule has 0 saturated heterocycles. The van der Waals surface area contributed by atoms with Crippen LogP contribution in [0.15, 0.2) is 59.8 Å². The van der Waals surface area contributed by atoms with Crippen molar-refractivity contribution in [1.29, 1.82) is 0 Å². The first-order valence-corrected chi connectivity index (χ1v) is 10.9. The largest absolute Gasteiger partial charge is 0.497 e. The van der Waals surface area contributed by atoms with Crippen molar-refractivity contribution in [3.05, 3.63) is 66.0 Å². The third-order valence-electron chi connectivity index (χ3n) is 4.46. The van der Waals surface area contributed by atoms with Crippen LogP contribution in [0.5, 0.6) is 11.5 Å². The molecule has 0 saturated carbocycles. The highest BCUT2D eigenvalue weighted by molar-refractivity contribution is 7.99. The zero-order chi connectivity index (χ0) is 21.5. The Balaban J connectivity index is 1.74. The number of ketones is 1. The normalized spacial score (nSPS) is 12.0. The summed E-state index contributed by atoms with van der Waals surface area (Å²) in [5.41, 5.74) is 0.705. The Morgan fingerprint density at radius 2 is 1.67 bits per heavy atom. The van der Waals surface area contributed by atoms with Gasteiger partial charge in [-0.05, 0) is 37.1 Å². The van der Waals surface area contributed by atoms with Crippen LogP contribution < -0.4 is 9.47 Å². The van der Waals surface area contributed by atoms with Gasteiger partial charge in [-0.15, -0.1) is 10.2 Å². The lowest BCUT2D eigenvalue weighted by Crippen LogP contribution is -2.15. The van der Waals surface area contributed by atoms with E-state index in [1.807, 2.05) is 61.5 Å². The summed E-state index contributed by atoms with van der Waals surface area (Å²) in [7, 11) is 1.63. The number of rotatable bonds is 10. The second kappa shape index (κ2) is 10.3. The first-order chi connectivity index (χ1) is 14.5. The molecule has 0 aliphatic rings. The lowest BCUT2D eigenvalue weighted by atomic mass is 10.2. The Bertz CT molecular complexity index is 956. The Morgan fingerprint density at radius 1 is 1.00 bits per heavy atom. The number of carbonyl (C=O) groups is 1. The number of ether oxygens (including phenoxy) is 2. The SMILES string of the molecule is COc1ccc(OC(C)c2nnc(SCC(=O)c3ccccc3)n2CC(C)C)cc1. The number of hydrogen-bond donors (Lipinski definition) is 0. The number of benzene rings is 2. The number of Topliss-reactive ketones (excluding diaryl/α,β-unsaturated/α-hetero) is 1. The predicted octanol–water partition coefficient (Wildman–Crippen LogP) is 5.06. The molecule has 1 atom stereocenters. The van der Waals surface area contributed by atoms with Crippen LogP contribution in [0.1, 0.15) is 43.1 Å². The number of thioether (sulfide) groups is 1. The van der Waals surface area contributed by atoms with Gasteiger partial charge < -0.3 is 14.0 Å². The summed E-state index contributed by atoms with van der Waals surface area (Å²) in [6, 6.07) is 16.8. The molecule has 158 valence electrons. The van der Waals surface area contributed by atoms with E-state index in [2.05, 4.69) is 28.6 Å². The van der Waals surface area contributed by atoms with Crippen molar-refractivity contribution < 1.29 is 14.3 Å². The first kappa shape index (κ1) is 21.9. The fraction of sp³-hybridized carbons (Fsp3) is 0.348. The zero-order valence-corrected chi connectivity index (χ0v) is 18.6. The minimum Gasteiger partial charge on any atom is -0.497 e. The van der Waals surface area contributed by atoms with Crippen LogP contribution in [0.3, 0.4) is 0 Å². The molecule has 1 heterocycles. The number of carbonyl (C=O) groups excluding carboxylic acids is 1. The molecular formula is C23H27N3O3S. The molecule has 0 aliphatic heterocycles.